The van der Waals surface area contributed by atoms with Crippen molar-refractivity contribution in [3.05, 3.63) is 65.2 Å². The fourth-order valence-corrected chi connectivity index (χ4v) is 5.02. The van der Waals surface area contributed by atoms with E-state index in [2.05, 4.69) is 0 Å². The Balaban J connectivity index is 1.28. The van der Waals surface area contributed by atoms with E-state index >= 15 is 0 Å². The number of nitrogens with zero attached hydrogens (tertiary/aromatic N) is 3. The molecule has 2 aliphatic rings. The van der Waals surface area contributed by atoms with Crippen molar-refractivity contribution in [2.24, 2.45) is 0 Å². The molecular formula is C23H24ClN3O4S. The summed E-state index contributed by atoms with van der Waals surface area (Å²) in [5.41, 5.74) is 0.587. The van der Waals surface area contributed by atoms with Gasteiger partial charge < -0.3 is 19.4 Å². The molecule has 9 heteroatoms. The molecule has 3 amide bonds. The van der Waals surface area contributed by atoms with Gasteiger partial charge in [0.1, 0.15) is 11.8 Å². The highest BCUT2D eigenvalue weighted by Crippen LogP contribution is 2.25. The van der Waals surface area contributed by atoms with Crippen LogP contribution in [0.5, 0.6) is 5.75 Å². The van der Waals surface area contributed by atoms with Crippen LogP contribution in [0.4, 0.5) is 0 Å². The Bertz CT molecular complexity index is 965. The SMILES string of the molecule is O=C(COc1ccc(Cl)cc1)N1CCN(C(=O)[C@@H]2CSCN2C(=O)c2ccccc2)CC1. The molecule has 2 heterocycles. The zero-order valence-electron chi connectivity index (χ0n) is 17.5. The molecule has 2 aromatic rings. The second kappa shape index (κ2) is 10.3. The van der Waals surface area contributed by atoms with Gasteiger partial charge >= 0.3 is 0 Å². The summed E-state index contributed by atoms with van der Waals surface area (Å²) in [4.78, 5) is 43.6. The molecule has 32 heavy (non-hydrogen) atoms. The minimum Gasteiger partial charge on any atom is -0.484 e. The van der Waals surface area contributed by atoms with Crippen LogP contribution in [0, 0.1) is 0 Å². The first-order chi connectivity index (χ1) is 15.5. The Morgan fingerprint density at radius 2 is 1.59 bits per heavy atom. The zero-order chi connectivity index (χ0) is 22.5. The molecule has 0 spiro atoms. The van der Waals surface area contributed by atoms with Gasteiger partial charge in [-0.05, 0) is 36.4 Å². The number of benzene rings is 2. The quantitative estimate of drug-likeness (QED) is 0.667. The summed E-state index contributed by atoms with van der Waals surface area (Å²) in [5, 5.41) is 0.606. The van der Waals surface area contributed by atoms with Crippen LogP contribution in [-0.2, 0) is 9.59 Å². The molecular weight excluding hydrogens is 450 g/mol. The molecule has 1 atom stereocenters. The summed E-state index contributed by atoms with van der Waals surface area (Å²) in [5.74, 6) is 1.38. The van der Waals surface area contributed by atoms with Crippen LogP contribution in [0.3, 0.4) is 0 Å². The van der Waals surface area contributed by atoms with E-state index in [1.54, 1.807) is 62.9 Å². The van der Waals surface area contributed by atoms with Crippen molar-refractivity contribution in [1.82, 2.24) is 14.7 Å². The van der Waals surface area contributed by atoms with Crippen molar-refractivity contribution in [3.8, 4) is 5.75 Å². The zero-order valence-corrected chi connectivity index (χ0v) is 19.1. The minimum atomic E-state index is -0.469. The Kier molecular flexibility index (Phi) is 7.22. The first-order valence-corrected chi connectivity index (χ1v) is 11.9. The predicted octanol–water partition coefficient (Wildman–Crippen LogP) is 2.60. The fraction of sp³-hybridized carbons (Fsp3) is 0.348. The van der Waals surface area contributed by atoms with E-state index in [9.17, 15) is 14.4 Å². The molecule has 7 nitrogen and oxygen atoms in total. The van der Waals surface area contributed by atoms with Gasteiger partial charge in [-0.3, -0.25) is 14.4 Å². The Morgan fingerprint density at radius 3 is 2.28 bits per heavy atom. The third-order valence-corrected chi connectivity index (χ3v) is 6.83. The van der Waals surface area contributed by atoms with Gasteiger partial charge in [0.2, 0.25) is 5.91 Å². The van der Waals surface area contributed by atoms with Gasteiger partial charge in [0.25, 0.3) is 11.8 Å². The summed E-state index contributed by atoms with van der Waals surface area (Å²) in [6.45, 7) is 1.72. The molecule has 0 saturated carbocycles. The lowest BCUT2D eigenvalue weighted by Gasteiger charge is -2.37. The average Bonchev–Trinajstić information content (AvgIpc) is 3.33. The molecule has 0 unspecified atom stereocenters. The molecule has 168 valence electrons. The Morgan fingerprint density at radius 1 is 0.938 bits per heavy atom. The van der Waals surface area contributed by atoms with Gasteiger partial charge in [0.05, 0.1) is 5.88 Å². The maximum absolute atomic E-state index is 13.1. The van der Waals surface area contributed by atoms with Crippen molar-refractivity contribution in [1.29, 1.82) is 0 Å². The lowest BCUT2D eigenvalue weighted by atomic mass is 10.1. The topological polar surface area (TPSA) is 70.2 Å². The molecule has 4 rings (SSSR count). The van der Waals surface area contributed by atoms with E-state index in [-0.39, 0.29) is 24.3 Å². The molecule has 2 saturated heterocycles. The lowest BCUT2D eigenvalue weighted by molar-refractivity contribution is -0.142. The number of ether oxygens (including phenoxy) is 1. The monoisotopic (exact) mass is 473 g/mol. The summed E-state index contributed by atoms with van der Waals surface area (Å²) in [6, 6.07) is 15.4. The Labute approximate surface area is 196 Å². The van der Waals surface area contributed by atoms with Crippen LogP contribution in [-0.4, -0.2) is 82.9 Å². The van der Waals surface area contributed by atoms with E-state index in [0.29, 0.717) is 54.1 Å². The van der Waals surface area contributed by atoms with Crippen LogP contribution in [0.25, 0.3) is 0 Å². The number of amides is 3. The first-order valence-electron chi connectivity index (χ1n) is 10.4. The molecule has 0 aliphatic carbocycles. The molecule has 0 bridgehead atoms. The van der Waals surface area contributed by atoms with Gasteiger partial charge in [0.15, 0.2) is 6.61 Å². The largest absolute Gasteiger partial charge is 0.484 e. The van der Waals surface area contributed by atoms with Crippen molar-refractivity contribution in [2.45, 2.75) is 6.04 Å². The van der Waals surface area contributed by atoms with Crippen molar-refractivity contribution in [3.63, 3.8) is 0 Å². The van der Waals surface area contributed by atoms with Crippen LogP contribution in [0.15, 0.2) is 54.6 Å². The van der Waals surface area contributed by atoms with Gasteiger partial charge in [-0.2, -0.15) is 0 Å². The molecule has 2 fully saturated rings. The predicted molar refractivity (Wildman–Crippen MR) is 124 cm³/mol. The van der Waals surface area contributed by atoms with Crippen LogP contribution < -0.4 is 4.74 Å². The number of hydrogen-bond acceptors (Lipinski definition) is 5. The number of piperazine rings is 1. The number of hydrogen-bond donors (Lipinski definition) is 0. The van der Waals surface area contributed by atoms with Gasteiger partial charge in [-0.25, -0.2) is 0 Å². The second-order valence-electron chi connectivity index (χ2n) is 7.61. The highest BCUT2D eigenvalue weighted by molar-refractivity contribution is 7.99. The molecule has 2 aliphatic heterocycles. The fourth-order valence-electron chi connectivity index (χ4n) is 3.75. The lowest BCUT2D eigenvalue weighted by Crippen LogP contribution is -2.56. The highest BCUT2D eigenvalue weighted by Gasteiger charge is 2.38. The maximum atomic E-state index is 13.1. The van der Waals surface area contributed by atoms with Crippen LogP contribution in [0.2, 0.25) is 5.02 Å². The molecule has 0 N–H and O–H groups in total. The van der Waals surface area contributed by atoms with Gasteiger partial charge in [0, 0.05) is 42.5 Å². The second-order valence-corrected chi connectivity index (χ2v) is 9.04. The highest BCUT2D eigenvalue weighted by atomic mass is 35.5. The van der Waals surface area contributed by atoms with Crippen molar-refractivity contribution in [2.75, 3.05) is 44.4 Å². The number of halogens is 1. The van der Waals surface area contributed by atoms with E-state index in [4.69, 9.17) is 16.3 Å². The maximum Gasteiger partial charge on any atom is 0.260 e. The van der Waals surface area contributed by atoms with Crippen LogP contribution >= 0.6 is 23.4 Å². The number of carbonyl (C=O) groups is 3. The summed E-state index contributed by atoms with van der Waals surface area (Å²) in [7, 11) is 0. The average molecular weight is 474 g/mol. The first kappa shape index (κ1) is 22.5. The van der Waals surface area contributed by atoms with E-state index in [0.717, 1.165) is 0 Å². The summed E-state index contributed by atoms with van der Waals surface area (Å²) < 4.78 is 5.54. The van der Waals surface area contributed by atoms with E-state index < -0.39 is 6.04 Å². The molecule has 0 radical (unpaired) electrons. The van der Waals surface area contributed by atoms with Crippen molar-refractivity contribution >= 4 is 41.1 Å². The summed E-state index contributed by atoms with van der Waals surface area (Å²) >= 11 is 7.44. The smallest absolute Gasteiger partial charge is 0.260 e. The third kappa shape index (κ3) is 5.19. The van der Waals surface area contributed by atoms with E-state index in [1.807, 2.05) is 18.2 Å². The minimum absolute atomic E-state index is 0.0520. The van der Waals surface area contributed by atoms with Gasteiger partial charge in [-0.15, -0.1) is 11.8 Å². The third-order valence-electron chi connectivity index (χ3n) is 5.57. The van der Waals surface area contributed by atoms with E-state index in [1.165, 1.54) is 0 Å². The number of carbonyl (C=O) groups excluding carboxylic acids is 3. The summed E-state index contributed by atoms with van der Waals surface area (Å²) in [6.07, 6.45) is 0. The van der Waals surface area contributed by atoms with Crippen molar-refractivity contribution < 1.29 is 19.1 Å². The molecule has 2 aromatic carbocycles. The Hall–Kier alpha value is -2.71. The number of rotatable bonds is 5. The molecule has 0 aromatic heterocycles. The van der Waals surface area contributed by atoms with Gasteiger partial charge in [-0.1, -0.05) is 29.8 Å². The van der Waals surface area contributed by atoms with Crippen LogP contribution in [0.1, 0.15) is 10.4 Å². The standard InChI is InChI=1S/C23H24ClN3O4S/c24-18-6-8-19(9-7-18)31-14-21(28)25-10-12-26(13-11-25)23(30)20-15-32-16-27(20)22(29)17-4-2-1-3-5-17/h1-9,20H,10-16H2/t20-/m0/s1. The normalized spacial score (nSPS) is 18.5. The number of thioether (sulfide) groups is 1.